The molecule has 0 radical (unpaired) electrons. The van der Waals surface area contributed by atoms with Crippen molar-refractivity contribution in [2.45, 2.75) is 25.9 Å². The molecule has 1 atom stereocenters. The topological polar surface area (TPSA) is 102 Å². The van der Waals surface area contributed by atoms with Crippen LogP contribution in [0.15, 0.2) is 24.3 Å². The molecule has 0 saturated carbocycles. The van der Waals surface area contributed by atoms with Crippen molar-refractivity contribution in [1.29, 1.82) is 5.26 Å². The van der Waals surface area contributed by atoms with Gasteiger partial charge in [0.25, 0.3) is 0 Å². The summed E-state index contributed by atoms with van der Waals surface area (Å²) in [5, 5.41) is 22.4. The molecule has 0 aromatic heterocycles. The zero-order valence-electron chi connectivity index (χ0n) is 10.5. The number of nitrogens with one attached hydrogen (secondary N) is 2. The maximum absolute atomic E-state index is 11.5. The van der Waals surface area contributed by atoms with Crippen LogP contribution in [0.1, 0.15) is 24.5 Å². The number of urea groups is 1. The SMILES string of the molecule is CC(CC(=O)O)NC(=O)NCc1cccc(C#N)c1. The fraction of sp³-hybridized carbons (Fsp3) is 0.308. The molecule has 3 N–H and O–H groups in total. The number of benzene rings is 1. The lowest BCUT2D eigenvalue weighted by atomic mass is 10.1. The minimum atomic E-state index is -0.963. The van der Waals surface area contributed by atoms with Crippen molar-refractivity contribution < 1.29 is 14.7 Å². The van der Waals surface area contributed by atoms with Crippen molar-refractivity contribution in [2.75, 3.05) is 0 Å². The number of amides is 2. The molecule has 0 saturated heterocycles. The van der Waals surface area contributed by atoms with Crippen LogP contribution in [-0.4, -0.2) is 23.1 Å². The molecule has 0 fully saturated rings. The lowest BCUT2D eigenvalue weighted by molar-refractivity contribution is -0.137. The van der Waals surface area contributed by atoms with E-state index in [9.17, 15) is 9.59 Å². The molecule has 1 aromatic carbocycles. The van der Waals surface area contributed by atoms with Crippen LogP contribution in [-0.2, 0) is 11.3 Å². The van der Waals surface area contributed by atoms with Gasteiger partial charge in [0.05, 0.1) is 18.1 Å². The van der Waals surface area contributed by atoms with Crippen LogP contribution < -0.4 is 10.6 Å². The first-order valence-corrected chi connectivity index (χ1v) is 5.76. The molecule has 0 heterocycles. The number of carbonyl (C=O) groups excluding carboxylic acids is 1. The van der Waals surface area contributed by atoms with Crippen LogP contribution in [0, 0.1) is 11.3 Å². The Balaban J connectivity index is 2.41. The van der Waals surface area contributed by atoms with E-state index >= 15 is 0 Å². The number of nitriles is 1. The first kappa shape index (κ1) is 14.5. The average Bonchev–Trinajstić information content (AvgIpc) is 2.35. The zero-order valence-corrected chi connectivity index (χ0v) is 10.5. The molecule has 1 unspecified atom stereocenters. The van der Waals surface area contributed by atoms with Crippen LogP contribution in [0.4, 0.5) is 4.79 Å². The summed E-state index contributed by atoms with van der Waals surface area (Å²) in [6, 6.07) is 8.03. The summed E-state index contributed by atoms with van der Waals surface area (Å²) >= 11 is 0. The van der Waals surface area contributed by atoms with Crippen LogP contribution in [0.2, 0.25) is 0 Å². The highest BCUT2D eigenvalue weighted by atomic mass is 16.4. The van der Waals surface area contributed by atoms with Crippen molar-refractivity contribution in [3.8, 4) is 6.07 Å². The Hall–Kier alpha value is -2.55. The molecule has 1 aromatic rings. The lowest BCUT2D eigenvalue weighted by Gasteiger charge is -2.12. The number of carbonyl (C=O) groups is 2. The highest BCUT2D eigenvalue weighted by molar-refractivity contribution is 5.75. The van der Waals surface area contributed by atoms with Gasteiger partial charge in [-0.25, -0.2) is 4.79 Å². The van der Waals surface area contributed by atoms with Gasteiger partial charge in [-0.1, -0.05) is 12.1 Å². The van der Waals surface area contributed by atoms with E-state index in [0.717, 1.165) is 5.56 Å². The Labute approximate surface area is 111 Å². The molecular formula is C13H15N3O3. The Morgan fingerprint density at radius 3 is 2.84 bits per heavy atom. The Kier molecular flexibility index (Phi) is 5.35. The standard InChI is InChI=1S/C13H15N3O3/c1-9(5-12(17)18)16-13(19)15-8-11-4-2-3-10(6-11)7-14/h2-4,6,9H,5,8H2,1H3,(H,17,18)(H2,15,16,19). The van der Waals surface area contributed by atoms with Crippen LogP contribution in [0.25, 0.3) is 0 Å². The number of carboxylic acid groups (broad SMARTS) is 1. The third-order valence-electron chi connectivity index (χ3n) is 2.37. The van der Waals surface area contributed by atoms with Crippen molar-refractivity contribution in [1.82, 2.24) is 10.6 Å². The van der Waals surface area contributed by atoms with Crippen LogP contribution >= 0.6 is 0 Å². The second kappa shape index (κ2) is 7.01. The second-order valence-corrected chi connectivity index (χ2v) is 4.14. The van der Waals surface area contributed by atoms with Crippen LogP contribution in [0.5, 0.6) is 0 Å². The van der Waals surface area contributed by atoms with Gasteiger partial charge >= 0.3 is 12.0 Å². The maximum atomic E-state index is 11.5. The molecule has 0 aliphatic carbocycles. The predicted molar refractivity (Wildman–Crippen MR) is 68.2 cm³/mol. The van der Waals surface area contributed by atoms with Gasteiger partial charge in [0.2, 0.25) is 0 Å². The third kappa shape index (κ3) is 5.55. The van der Waals surface area contributed by atoms with Gasteiger partial charge in [0.1, 0.15) is 0 Å². The molecule has 100 valence electrons. The van der Waals surface area contributed by atoms with Gasteiger partial charge in [0.15, 0.2) is 0 Å². The van der Waals surface area contributed by atoms with Gasteiger partial charge in [-0.15, -0.1) is 0 Å². The fourth-order valence-electron chi connectivity index (χ4n) is 1.52. The molecule has 6 nitrogen and oxygen atoms in total. The van der Waals surface area contributed by atoms with Gasteiger partial charge in [0, 0.05) is 12.6 Å². The Morgan fingerprint density at radius 1 is 1.47 bits per heavy atom. The summed E-state index contributed by atoms with van der Waals surface area (Å²) in [5.41, 5.74) is 1.33. The van der Waals surface area contributed by atoms with Gasteiger partial charge in [-0.2, -0.15) is 5.26 Å². The van der Waals surface area contributed by atoms with E-state index in [2.05, 4.69) is 10.6 Å². The number of rotatable bonds is 5. The van der Waals surface area contributed by atoms with Crippen molar-refractivity contribution in [3.63, 3.8) is 0 Å². The smallest absolute Gasteiger partial charge is 0.315 e. The van der Waals surface area contributed by atoms with E-state index in [1.807, 2.05) is 6.07 Å². The number of aliphatic carboxylic acids is 1. The minimum Gasteiger partial charge on any atom is -0.481 e. The van der Waals surface area contributed by atoms with Crippen molar-refractivity contribution in [2.24, 2.45) is 0 Å². The zero-order chi connectivity index (χ0) is 14.3. The van der Waals surface area contributed by atoms with E-state index < -0.39 is 18.0 Å². The quantitative estimate of drug-likeness (QED) is 0.741. The first-order chi connectivity index (χ1) is 9.01. The molecule has 0 aliphatic rings. The monoisotopic (exact) mass is 261 g/mol. The Morgan fingerprint density at radius 2 is 2.21 bits per heavy atom. The molecule has 0 aliphatic heterocycles. The van der Waals surface area contributed by atoms with E-state index in [1.54, 1.807) is 31.2 Å². The van der Waals surface area contributed by atoms with E-state index in [1.165, 1.54) is 0 Å². The summed E-state index contributed by atoms with van der Waals surface area (Å²) in [6.07, 6.45) is -0.128. The summed E-state index contributed by atoms with van der Waals surface area (Å²) in [6.45, 7) is 1.89. The number of hydrogen-bond acceptors (Lipinski definition) is 3. The van der Waals surface area contributed by atoms with Crippen LogP contribution in [0.3, 0.4) is 0 Å². The summed E-state index contributed by atoms with van der Waals surface area (Å²) in [5.74, 6) is -0.963. The normalized spacial score (nSPS) is 11.2. The number of hydrogen-bond donors (Lipinski definition) is 3. The van der Waals surface area contributed by atoms with Gasteiger partial charge in [-0.05, 0) is 24.6 Å². The number of nitrogens with zero attached hydrogens (tertiary/aromatic N) is 1. The fourth-order valence-corrected chi connectivity index (χ4v) is 1.52. The first-order valence-electron chi connectivity index (χ1n) is 5.76. The maximum Gasteiger partial charge on any atom is 0.315 e. The van der Waals surface area contributed by atoms with Gasteiger partial charge in [-0.3, -0.25) is 4.79 Å². The van der Waals surface area contributed by atoms with E-state index in [0.29, 0.717) is 5.56 Å². The lowest BCUT2D eigenvalue weighted by Crippen LogP contribution is -2.41. The molecular weight excluding hydrogens is 246 g/mol. The molecule has 0 bridgehead atoms. The number of carboxylic acids is 1. The largest absolute Gasteiger partial charge is 0.481 e. The summed E-state index contributed by atoms with van der Waals surface area (Å²) < 4.78 is 0. The Bertz CT molecular complexity index is 508. The molecule has 0 spiro atoms. The molecule has 19 heavy (non-hydrogen) atoms. The highest BCUT2D eigenvalue weighted by Crippen LogP contribution is 2.03. The summed E-state index contributed by atoms with van der Waals surface area (Å²) in [4.78, 5) is 21.9. The summed E-state index contributed by atoms with van der Waals surface area (Å²) in [7, 11) is 0. The molecule has 2 amide bonds. The van der Waals surface area contributed by atoms with E-state index in [-0.39, 0.29) is 13.0 Å². The van der Waals surface area contributed by atoms with E-state index in [4.69, 9.17) is 10.4 Å². The van der Waals surface area contributed by atoms with Gasteiger partial charge < -0.3 is 15.7 Å². The predicted octanol–water partition coefficient (Wildman–Crippen LogP) is 1.22. The minimum absolute atomic E-state index is 0.128. The van der Waals surface area contributed by atoms with Crippen molar-refractivity contribution >= 4 is 12.0 Å². The second-order valence-electron chi connectivity index (χ2n) is 4.14. The molecule has 1 rings (SSSR count). The third-order valence-corrected chi connectivity index (χ3v) is 2.37. The molecule has 6 heteroatoms. The highest BCUT2D eigenvalue weighted by Gasteiger charge is 2.10. The van der Waals surface area contributed by atoms with Crippen molar-refractivity contribution in [3.05, 3.63) is 35.4 Å². The average molecular weight is 261 g/mol.